The number of piperidine rings is 1. The van der Waals surface area contributed by atoms with Crippen molar-refractivity contribution in [3.63, 3.8) is 0 Å². The van der Waals surface area contributed by atoms with Gasteiger partial charge in [-0.25, -0.2) is 4.79 Å². The first-order valence-electron chi connectivity index (χ1n) is 7.84. The minimum atomic E-state index is -0.694. The Morgan fingerprint density at radius 2 is 1.92 bits per heavy atom. The summed E-state index contributed by atoms with van der Waals surface area (Å²) in [5, 5.41) is 0. The lowest BCUT2D eigenvalue weighted by Crippen LogP contribution is -2.49. The first-order valence-corrected chi connectivity index (χ1v) is 7.84. The van der Waals surface area contributed by atoms with Crippen LogP contribution in [0.15, 0.2) is 38.6 Å². The number of carbonyl (C=O) groups excluding carboxylic acids is 1. The molecule has 2 aliphatic rings. The van der Waals surface area contributed by atoms with Gasteiger partial charge < -0.3 is 14.5 Å². The summed E-state index contributed by atoms with van der Waals surface area (Å²) in [6, 6.07) is 6.32. The molecule has 0 spiro atoms. The van der Waals surface area contributed by atoms with Gasteiger partial charge in [-0.3, -0.25) is 19.4 Å². The van der Waals surface area contributed by atoms with Crippen LogP contribution in [0.2, 0.25) is 0 Å². The van der Waals surface area contributed by atoms with Gasteiger partial charge in [-0.2, -0.15) is 0 Å². The van der Waals surface area contributed by atoms with Crippen LogP contribution in [-0.4, -0.2) is 38.4 Å². The summed E-state index contributed by atoms with van der Waals surface area (Å²) in [6.07, 6.45) is 0.930. The second-order valence-electron chi connectivity index (χ2n) is 6.41. The summed E-state index contributed by atoms with van der Waals surface area (Å²) >= 11 is 0. The Balaban J connectivity index is 1.66. The van der Waals surface area contributed by atoms with Crippen LogP contribution >= 0.6 is 0 Å². The number of hydrogen-bond acceptors (Lipinski definition) is 4. The highest BCUT2D eigenvalue weighted by molar-refractivity contribution is 5.92. The standard InChI is InChI=1S/C16H16N4O4/c21-13-5-11(17-16(24)18-13)15(23)19-6-9-4-10(8-19)12-2-1-3-14(22)20(12)7-9/h1-3,5,9-10H,4,6-8H2,(H2,17,18,21,24)/t9-,10-/m0/s1. The molecule has 0 saturated carbocycles. The van der Waals surface area contributed by atoms with Crippen molar-refractivity contribution in [3.05, 3.63) is 66.8 Å². The quantitative estimate of drug-likeness (QED) is 0.734. The Morgan fingerprint density at radius 1 is 1.08 bits per heavy atom. The number of aromatic amines is 2. The Labute approximate surface area is 135 Å². The number of rotatable bonds is 1. The number of amides is 1. The predicted molar refractivity (Wildman–Crippen MR) is 85.1 cm³/mol. The van der Waals surface area contributed by atoms with Gasteiger partial charge in [-0.05, 0) is 18.4 Å². The van der Waals surface area contributed by atoms with Gasteiger partial charge in [-0.15, -0.1) is 0 Å². The molecule has 0 aromatic carbocycles. The smallest absolute Gasteiger partial charge is 0.326 e. The maximum absolute atomic E-state index is 12.6. The van der Waals surface area contributed by atoms with Crippen LogP contribution in [0.5, 0.6) is 0 Å². The lowest BCUT2D eigenvalue weighted by atomic mass is 9.83. The van der Waals surface area contributed by atoms with E-state index in [-0.39, 0.29) is 29.0 Å². The Hall–Kier alpha value is -2.90. The van der Waals surface area contributed by atoms with Gasteiger partial charge in [0.1, 0.15) is 5.69 Å². The molecular weight excluding hydrogens is 312 g/mol. The first kappa shape index (κ1) is 14.7. The third-order valence-electron chi connectivity index (χ3n) is 4.76. The number of carbonyl (C=O) groups is 1. The van der Waals surface area contributed by atoms with Crippen LogP contribution in [0, 0.1) is 5.92 Å². The van der Waals surface area contributed by atoms with Gasteiger partial charge >= 0.3 is 5.69 Å². The van der Waals surface area contributed by atoms with E-state index in [1.807, 2.05) is 6.07 Å². The van der Waals surface area contributed by atoms with Crippen molar-refractivity contribution in [1.29, 1.82) is 0 Å². The molecule has 2 aliphatic heterocycles. The highest BCUT2D eigenvalue weighted by Crippen LogP contribution is 2.35. The molecule has 8 nitrogen and oxygen atoms in total. The van der Waals surface area contributed by atoms with E-state index in [0.29, 0.717) is 19.6 Å². The second-order valence-corrected chi connectivity index (χ2v) is 6.41. The molecule has 2 bridgehead atoms. The van der Waals surface area contributed by atoms with Gasteiger partial charge in [-0.1, -0.05) is 6.07 Å². The molecule has 2 N–H and O–H groups in total. The summed E-state index contributed by atoms with van der Waals surface area (Å²) in [4.78, 5) is 53.5. The number of fused-ring (bicyclic) bond motifs is 4. The highest BCUT2D eigenvalue weighted by atomic mass is 16.2. The van der Waals surface area contributed by atoms with E-state index in [0.717, 1.165) is 18.2 Å². The molecule has 4 heterocycles. The highest BCUT2D eigenvalue weighted by Gasteiger charge is 2.36. The topological polar surface area (TPSA) is 108 Å². The zero-order valence-electron chi connectivity index (χ0n) is 12.8. The monoisotopic (exact) mass is 328 g/mol. The summed E-state index contributed by atoms with van der Waals surface area (Å²) in [6.45, 7) is 1.56. The average Bonchev–Trinajstić information content (AvgIpc) is 2.54. The van der Waals surface area contributed by atoms with Crippen LogP contribution in [0.3, 0.4) is 0 Å². The first-order chi connectivity index (χ1) is 11.5. The zero-order chi connectivity index (χ0) is 16.8. The predicted octanol–water partition coefficient (Wildman–Crippen LogP) is -0.516. The van der Waals surface area contributed by atoms with E-state index in [9.17, 15) is 19.2 Å². The fourth-order valence-electron chi connectivity index (χ4n) is 3.82. The number of nitrogens with one attached hydrogen (secondary N) is 2. The van der Waals surface area contributed by atoms with Gasteiger partial charge in [0.2, 0.25) is 0 Å². The number of pyridine rings is 1. The van der Waals surface area contributed by atoms with Crippen LogP contribution < -0.4 is 16.8 Å². The molecule has 8 heteroatoms. The molecule has 124 valence electrons. The zero-order valence-corrected chi connectivity index (χ0v) is 12.8. The Bertz CT molecular complexity index is 958. The van der Waals surface area contributed by atoms with Crippen molar-refractivity contribution in [2.24, 2.45) is 5.92 Å². The van der Waals surface area contributed by atoms with Crippen LogP contribution in [0.4, 0.5) is 0 Å². The van der Waals surface area contributed by atoms with Crippen molar-refractivity contribution < 1.29 is 4.79 Å². The van der Waals surface area contributed by atoms with E-state index >= 15 is 0 Å². The molecule has 2 atom stereocenters. The van der Waals surface area contributed by atoms with Crippen LogP contribution in [0.25, 0.3) is 0 Å². The minimum Gasteiger partial charge on any atom is -0.336 e. The molecule has 24 heavy (non-hydrogen) atoms. The summed E-state index contributed by atoms with van der Waals surface area (Å²) in [7, 11) is 0. The van der Waals surface area contributed by atoms with Crippen LogP contribution in [-0.2, 0) is 6.54 Å². The Kier molecular flexibility index (Phi) is 3.26. The van der Waals surface area contributed by atoms with Crippen molar-refractivity contribution in [2.45, 2.75) is 18.9 Å². The van der Waals surface area contributed by atoms with Crippen molar-refractivity contribution in [1.82, 2.24) is 19.4 Å². The maximum atomic E-state index is 12.6. The number of likely N-dealkylation sites (tertiary alicyclic amines) is 1. The second kappa shape index (κ2) is 5.33. The van der Waals surface area contributed by atoms with Gasteiger partial charge in [0.05, 0.1) is 0 Å². The summed E-state index contributed by atoms with van der Waals surface area (Å²) < 4.78 is 1.79. The van der Waals surface area contributed by atoms with Gasteiger partial charge in [0.25, 0.3) is 17.0 Å². The molecule has 2 aromatic heterocycles. The lowest BCUT2D eigenvalue weighted by molar-refractivity contribution is 0.0588. The molecular formula is C16H16N4O4. The largest absolute Gasteiger partial charge is 0.336 e. The lowest BCUT2D eigenvalue weighted by Gasteiger charge is -2.42. The number of H-pyrrole nitrogens is 2. The van der Waals surface area contributed by atoms with Crippen LogP contribution in [0.1, 0.15) is 28.5 Å². The normalized spacial score (nSPS) is 22.1. The fourth-order valence-corrected chi connectivity index (χ4v) is 3.82. The van der Waals surface area contributed by atoms with Gasteiger partial charge in [0.15, 0.2) is 0 Å². The van der Waals surface area contributed by atoms with E-state index in [1.54, 1.807) is 21.6 Å². The van der Waals surface area contributed by atoms with Crippen molar-refractivity contribution in [2.75, 3.05) is 13.1 Å². The number of aromatic nitrogens is 3. The van der Waals surface area contributed by atoms with E-state index < -0.39 is 11.2 Å². The fraction of sp³-hybridized carbons (Fsp3) is 0.375. The molecule has 4 rings (SSSR count). The Morgan fingerprint density at radius 3 is 2.71 bits per heavy atom. The number of nitrogens with zero attached hydrogens (tertiary/aromatic N) is 2. The minimum absolute atomic E-state index is 0.00539. The average molecular weight is 328 g/mol. The van der Waals surface area contributed by atoms with Crippen molar-refractivity contribution >= 4 is 5.91 Å². The van der Waals surface area contributed by atoms with E-state index in [4.69, 9.17) is 0 Å². The maximum Gasteiger partial charge on any atom is 0.326 e. The molecule has 2 aromatic rings. The van der Waals surface area contributed by atoms with E-state index in [2.05, 4.69) is 9.97 Å². The third-order valence-corrected chi connectivity index (χ3v) is 4.76. The summed E-state index contributed by atoms with van der Waals surface area (Å²) in [5.41, 5.74) is -0.373. The third kappa shape index (κ3) is 2.40. The molecule has 1 amide bonds. The van der Waals surface area contributed by atoms with Crippen molar-refractivity contribution in [3.8, 4) is 0 Å². The molecule has 0 unspecified atom stereocenters. The SMILES string of the molecule is O=C(c1cc(=O)[nH]c(=O)[nH]1)N1C[C@@H]2C[C@@H](C1)c1cccc(=O)n1C2. The molecule has 1 fully saturated rings. The molecule has 0 radical (unpaired) electrons. The number of hydrogen-bond donors (Lipinski definition) is 2. The molecule has 1 saturated heterocycles. The molecule has 0 aliphatic carbocycles. The van der Waals surface area contributed by atoms with Gasteiger partial charge in [0, 0.05) is 43.4 Å². The summed E-state index contributed by atoms with van der Waals surface area (Å²) in [5.74, 6) is -0.0854. The van der Waals surface area contributed by atoms with E-state index in [1.165, 1.54) is 0 Å².